The van der Waals surface area contributed by atoms with Crippen LogP contribution in [0.3, 0.4) is 0 Å². The molecule has 0 aromatic heterocycles. The highest BCUT2D eigenvalue weighted by Gasteiger charge is 2.11. The van der Waals surface area contributed by atoms with Crippen LogP contribution in [0.15, 0.2) is 12.7 Å². The van der Waals surface area contributed by atoms with Crippen molar-refractivity contribution in [3.63, 3.8) is 0 Å². The van der Waals surface area contributed by atoms with Crippen molar-refractivity contribution in [3.05, 3.63) is 12.7 Å². The smallest absolute Gasteiger partial charge is 0.0600 e. The third-order valence-electron chi connectivity index (χ3n) is 1.84. The van der Waals surface area contributed by atoms with Gasteiger partial charge in [0.1, 0.15) is 0 Å². The van der Waals surface area contributed by atoms with Crippen LogP contribution in [0.25, 0.3) is 0 Å². The molecule has 0 amide bonds. The zero-order valence-electron chi connectivity index (χ0n) is 7.01. The average molecular weight is 142 g/mol. The summed E-state index contributed by atoms with van der Waals surface area (Å²) in [6.45, 7) is 7.81. The van der Waals surface area contributed by atoms with Gasteiger partial charge in [0.2, 0.25) is 0 Å². The van der Waals surface area contributed by atoms with E-state index in [0.717, 1.165) is 19.3 Å². The molecule has 0 bridgehead atoms. The highest BCUT2D eigenvalue weighted by Crippen LogP contribution is 2.14. The van der Waals surface area contributed by atoms with Gasteiger partial charge >= 0.3 is 0 Å². The van der Waals surface area contributed by atoms with Crippen LogP contribution < -0.4 is 0 Å². The van der Waals surface area contributed by atoms with Crippen molar-refractivity contribution in [2.45, 2.75) is 39.2 Å². The molecule has 2 unspecified atom stereocenters. The summed E-state index contributed by atoms with van der Waals surface area (Å²) in [5, 5.41) is 9.38. The van der Waals surface area contributed by atoms with E-state index < -0.39 is 0 Å². The lowest BCUT2D eigenvalue weighted by Gasteiger charge is -2.16. The number of aliphatic hydroxyl groups is 1. The van der Waals surface area contributed by atoms with E-state index in [4.69, 9.17) is 0 Å². The molecule has 0 saturated heterocycles. The van der Waals surface area contributed by atoms with Gasteiger partial charge in [0.25, 0.3) is 0 Å². The van der Waals surface area contributed by atoms with Crippen LogP contribution in [0.4, 0.5) is 0 Å². The van der Waals surface area contributed by atoms with Gasteiger partial charge in [0.15, 0.2) is 0 Å². The molecular formula is C9H18O. The number of aliphatic hydroxyl groups excluding tert-OH is 1. The molecule has 0 radical (unpaired) electrons. The van der Waals surface area contributed by atoms with Gasteiger partial charge in [0.05, 0.1) is 6.10 Å². The number of hydrogen-bond donors (Lipinski definition) is 1. The first-order valence-electron chi connectivity index (χ1n) is 4.06. The Morgan fingerprint density at radius 1 is 1.50 bits per heavy atom. The van der Waals surface area contributed by atoms with E-state index in [1.807, 2.05) is 13.0 Å². The van der Waals surface area contributed by atoms with Crippen molar-refractivity contribution in [3.8, 4) is 0 Å². The lowest BCUT2D eigenvalue weighted by Crippen LogP contribution is -2.16. The summed E-state index contributed by atoms with van der Waals surface area (Å²) in [4.78, 5) is 0. The molecule has 0 aromatic carbocycles. The van der Waals surface area contributed by atoms with E-state index in [-0.39, 0.29) is 6.10 Å². The van der Waals surface area contributed by atoms with Gasteiger partial charge in [0, 0.05) is 5.92 Å². The zero-order chi connectivity index (χ0) is 7.98. The summed E-state index contributed by atoms with van der Waals surface area (Å²) in [6.07, 6.45) is 4.68. The SMILES string of the molecule is C=CC(CCC)C(O)CC. The quantitative estimate of drug-likeness (QED) is 0.584. The van der Waals surface area contributed by atoms with Gasteiger partial charge in [-0.3, -0.25) is 0 Å². The first kappa shape index (κ1) is 9.70. The summed E-state index contributed by atoms with van der Waals surface area (Å²) in [5.74, 6) is 0.301. The Morgan fingerprint density at radius 2 is 2.10 bits per heavy atom. The molecule has 1 nitrogen and oxygen atoms in total. The van der Waals surface area contributed by atoms with Crippen LogP contribution in [0.1, 0.15) is 33.1 Å². The Bertz CT molecular complexity index is 88.7. The van der Waals surface area contributed by atoms with E-state index in [1.165, 1.54) is 0 Å². The molecular weight excluding hydrogens is 124 g/mol. The highest BCUT2D eigenvalue weighted by atomic mass is 16.3. The second kappa shape index (κ2) is 5.48. The van der Waals surface area contributed by atoms with Crippen molar-refractivity contribution < 1.29 is 5.11 Å². The highest BCUT2D eigenvalue weighted by molar-refractivity contribution is 4.83. The first-order chi connectivity index (χ1) is 4.76. The molecule has 0 aliphatic rings. The molecule has 0 aliphatic heterocycles. The summed E-state index contributed by atoms with van der Waals surface area (Å²) >= 11 is 0. The molecule has 0 heterocycles. The predicted molar refractivity (Wildman–Crippen MR) is 44.9 cm³/mol. The molecule has 0 aromatic rings. The minimum absolute atomic E-state index is 0.183. The minimum Gasteiger partial charge on any atom is -0.393 e. The van der Waals surface area contributed by atoms with Crippen LogP contribution in [-0.2, 0) is 0 Å². The zero-order valence-corrected chi connectivity index (χ0v) is 7.01. The molecule has 1 heteroatoms. The molecule has 1 N–H and O–H groups in total. The topological polar surface area (TPSA) is 20.2 Å². The third kappa shape index (κ3) is 3.02. The van der Waals surface area contributed by atoms with Gasteiger partial charge < -0.3 is 5.11 Å². The summed E-state index contributed by atoms with van der Waals surface area (Å²) in [6, 6.07) is 0. The maximum absolute atomic E-state index is 9.38. The molecule has 60 valence electrons. The average Bonchev–Trinajstić information content (AvgIpc) is 1.99. The summed E-state index contributed by atoms with van der Waals surface area (Å²) in [7, 11) is 0. The van der Waals surface area contributed by atoms with Crippen LogP contribution in [0, 0.1) is 5.92 Å². The van der Waals surface area contributed by atoms with Crippen molar-refractivity contribution in [1.82, 2.24) is 0 Å². The standard InChI is InChI=1S/C9H18O/c1-4-7-8(5-2)9(10)6-3/h5,8-10H,2,4,6-7H2,1,3H3. The van der Waals surface area contributed by atoms with Gasteiger partial charge in [-0.05, 0) is 12.8 Å². The number of rotatable bonds is 5. The van der Waals surface area contributed by atoms with Gasteiger partial charge in [-0.2, -0.15) is 0 Å². The fourth-order valence-electron chi connectivity index (χ4n) is 1.10. The summed E-state index contributed by atoms with van der Waals surface area (Å²) < 4.78 is 0. The Balaban J connectivity index is 3.67. The van der Waals surface area contributed by atoms with Crippen LogP contribution in [0.2, 0.25) is 0 Å². The van der Waals surface area contributed by atoms with Crippen LogP contribution >= 0.6 is 0 Å². The van der Waals surface area contributed by atoms with Gasteiger partial charge in [-0.15, -0.1) is 6.58 Å². The predicted octanol–water partition coefficient (Wildman–Crippen LogP) is 2.36. The van der Waals surface area contributed by atoms with E-state index >= 15 is 0 Å². The van der Waals surface area contributed by atoms with Crippen molar-refractivity contribution in [2.75, 3.05) is 0 Å². The Labute approximate surface area is 63.8 Å². The molecule has 10 heavy (non-hydrogen) atoms. The molecule has 0 fully saturated rings. The van der Waals surface area contributed by atoms with Gasteiger partial charge in [-0.1, -0.05) is 26.3 Å². The number of hydrogen-bond acceptors (Lipinski definition) is 1. The van der Waals surface area contributed by atoms with Crippen molar-refractivity contribution in [2.24, 2.45) is 5.92 Å². The molecule has 0 aliphatic carbocycles. The lowest BCUT2D eigenvalue weighted by molar-refractivity contribution is 0.121. The van der Waals surface area contributed by atoms with Crippen molar-refractivity contribution >= 4 is 0 Å². The Kier molecular flexibility index (Phi) is 5.32. The van der Waals surface area contributed by atoms with Gasteiger partial charge in [-0.25, -0.2) is 0 Å². The maximum atomic E-state index is 9.38. The van der Waals surface area contributed by atoms with Crippen LogP contribution in [0.5, 0.6) is 0 Å². The van der Waals surface area contributed by atoms with E-state index in [1.54, 1.807) is 0 Å². The van der Waals surface area contributed by atoms with Crippen molar-refractivity contribution in [1.29, 1.82) is 0 Å². The second-order valence-electron chi connectivity index (χ2n) is 2.66. The Morgan fingerprint density at radius 3 is 2.40 bits per heavy atom. The maximum Gasteiger partial charge on any atom is 0.0600 e. The lowest BCUT2D eigenvalue weighted by atomic mass is 9.96. The largest absolute Gasteiger partial charge is 0.393 e. The monoisotopic (exact) mass is 142 g/mol. The Hall–Kier alpha value is -0.300. The molecule has 2 atom stereocenters. The first-order valence-corrected chi connectivity index (χ1v) is 4.06. The minimum atomic E-state index is -0.183. The molecule has 0 saturated carbocycles. The van der Waals surface area contributed by atoms with Crippen LogP contribution in [-0.4, -0.2) is 11.2 Å². The van der Waals surface area contributed by atoms with E-state index in [9.17, 15) is 5.11 Å². The molecule has 0 rings (SSSR count). The molecule has 0 spiro atoms. The third-order valence-corrected chi connectivity index (χ3v) is 1.84. The normalized spacial score (nSPS) is 16.3. The fourth-order valence-corrected chi connectivity index (χ4v) is 1.10. The summed E-state index contributed by atoms with van der Waals surface area (Å²) in [5.41, 5.74) is 0. The van der Waals surface area contributed by atoms with E-state index in [2.05, 4.69) is 13.5 Å². The fraction of sp³-hybridized carbons (Fsp3) is 0.778. The van der Waals surface area contributed by atoms with E-state index in [0.29, 0.717) is 5.92 Å². The second-order valence-corrected chi connectivity index (χ2v) is 2.66.